The lowest BCUT2D eigenvalue weighted by Gasteiger charge is -2.09. The number of hydrogen-bond donors (Lipinski definition) is 1. The topological polar surface area (TPSA) is 9.23 Å². The minimum atomic E-state index is 0.163. The number of thiol groups is 1. The lowest BCUT2D eigenvalue weighted by Crippen LogP contribution is -1.90. The lowest BCUT2D eigenvalue weighted by molar-refractivity contribution is 0.414. The van der Waals surface area contributed by atoms with Crippen LogP contribution in [0.15, 0.2) is 41.8 Å². The first-order chi connectivity index (χ1) is 7.31. The lowest BCUT2D eigenvalue weighted by atomic mass is 10.1. The van der Waals surface area contributed by atoms with Crippen LogP contribution in [0.4, 0.5) is 0 Å². The molecule has 0 saturated heterocycles. The molecule has 0 radical (unpaired) electrons. The van der Waals surface area contributed by atoms with Gasteiger partial charge in [0.2, 0.25) is 0 Å². The molecule has 0 bridgehead atoms. The van der Waals surface area contributed by atoms with E-state index in [1.54, 1.807) is 18.4 Å². The number of ether oxygens (including phenoxy) is 1. The van der Waals surface area contributed by atoms with Gasteiger partial charge in [0.05, 0.1) is 12.4 Å². The standard InChI is InChI=1S/C12H12OS2/c1-13-10-6-4-9(5-7-10)12(14)11-3-2-8-15-11/h2-8,12,14H,1H3. The zero-order chi connectivity index (χ0) is 10.7. The van der Waals surface area contributed by atoms with Gasteiger partial charge in [-0.3, -0.25) is 0 Å². The quantitative estimate of drug-likeness (QED) is 0.798. The number of thiophene rings is 1. The van der Waals surface area contributed by atoms with Crippen LogP contribution in [-0.4, -0.2) is 7.11 Å². The molecule has 0 amide bonds. The summed E-state index contributed by atoms with van der Waals surface area (Å²) in [5.41, 5.74) is 1.20. The first kappa shape index (κ1) is 10.6. The Balaban J connectivity index is 2.22. The molecular formula is C12H12OS2. The van der Waals surface area contributed by atoms with Gasteiger partial charge in [-0.1, -0.05) is 18.2 Å². The molecule has 2 aromatic rings. The molecule has 1 aromatic heterocycles. The van der Waals surface area contributed by atoms with E-state index in [9.17, 15) is 0 Å². The van der Waals surface area contributed by atoms with Gasteiger partial charge >= 0.3 is 0 Å². The van der Waals surface area contributed by atoms with Crippen molar-refractivity contribution in [2.45, 2.75) is 5.25 Å². The third kappa shape index (κ3) is 2.36. The maximum absolute atomic E-state index is 5.12. The second-order valence-corrected chi connectivity index (χ2v) is 4.69. The monoisotopic (exact) mass is 236 g/mol. The van der Waals surface area contributed by atoms with Crippen molar-refractivity contribution in [2.75, 3.05) is 7.11 Å². The second kappa shape index (κ2) is 4.73. The maximum Gasteiger partial charge on any atom is 0.118 e. The van der Waals surface area contributed by atoms with Crippen molar-refractivity contribution in [1.82, 2.24) is 0 Å². The molecule has 0 aliphatic carbocycles. The van der Waals surface area contributed by atoms with Crippen molar-refractivity contribution < 1.29 is 4.74 Å². The average molecular weight is 236 g/mol. The Kier molecular flexibility index (Phi) is 3.34. The Morgan fingerprint density at radius 1 is 1.20 bits per heavy atom. The summed E-state index contributed by atoms with van der Waals surface area (Å²) in [5.74, 6) is 0.880. The van der Waals surface area contributed by atoms with E-state index in [4.69, 9.17) is 4.74 Å². The van der Waals surface area contributed by atoms with Gasteiger partial charge in [-0.25, -0.2) is 0 Å². The third-order valence-corrected chi connectivity index (χ3v) is 3.93. The number of hydrogen-bond acceptors (Lipinski definition) is 3. The van der Waals surface area contributed by atoms with Crippen molar-refractivity contribution >= 4 is 24.0 Å². The molecule has 0 N–H and O–H groups in total. The Labute approximate surface area is 99.1 Å². The first-order valence-electron chi connectivity index (χ1n) is 4.66. The molecule has 15 heavy (non-hydrogen) atoms. The highest BCUT2D eigenvalue weighted by atomic mass is 32.1. The summed E-state index contributed by atoms with van der Waals surface area (Å²) >= 11 is 6.34. The highest BCUT2D eigenvalue weighted by molar-refractivity contribution is 7.81. The van der Waals surface area contributed by atoms with E-state index >= 15 is 0 Å². The minimum absolute atomic E-state index is 0.163. The number of rotatable bonds is 3. The predicted octanol–water partition coefficient (Wildman–Crippen LogP) is 3.78. The van der Waals surface area contributed by atoms with Crippen LogP contribution < -0.4 is 4.74 Å². The van der Waals surface area contributed by atoms with Gasteiger partial charge in [0.1, 0.15) is 5.75 Å². The van der Waals surface area contributed by atoms with E-state index in [2.05, 4.69) is 36.2 Å². The number of methoxy groups -OCH3 is 1. The number of benzene rings is 1. The SMILES string of the molecule is COc1ccc(C(S)c2cccs2)cc1. The summed E-state index contributed by atoms with van der Waals surface area (Å²) in [6.45, 7) is 0. The van der Waals surface area contributed by atoms with Gasteiger partial charge in [0, 0.05) is 4.88 Å². The van der Waals surface area contributed by atoms with Crippen molar-refractivity contribution in [3.63, 3.8) is 0 Å². The van der Waals surface area contributed by atoms with Crippen LogP contribution in [0.1, 0.15) is 15.7 Å². The molecule has 0 fully saturated rings. The van der Waals surface area contributed by atoms with Crippen LogP contribution in [0.5, 0.6) is 5.75 Å². The third-order valence-electron chi connectivity index (χ3n) is 2.24. The molecule has 0 spiro atoms. The van der Waals surface area contributed by atoms with Crippen LogP contribution in [0.25, 0.3) is 0 Å². The Morgan fingerprint density at radius 2 is 1.93 bits per heavy atom. The molecule has 3 heteroatoms. The molecule has 0 saturated carbocycles. The van der Waals surface area contributed by atoms with E-state index in [0.29, 0.717) is 0 Å². The average Bonchev–Trinajstić information content (AvgIpc) is 2.82. The Morgan fingerprint density at radius 3 is 2.47 bits per heavy atom. The van der Waals surface area contributed by atoms with Gasteiger partial charge in [-0.15, -0.1) is 11.3 Å². The van der Waals surface area contributed by atoms with Crippen LogP contribution in [0.3, 0.4) is 0 Å². The molecule has 1 atom stereocenters. The Bertz CT molecular complexity index is 406. The normalized spacial score (nSPS) is 12.4. The second-order valence-electron chi connectivity index (χ2n) is 3.19. The van der Waals surface area contributed by atoms with Gasteiger partial charge in [0.15, 0.2) is 0 Å². The van der Waals surface area contributed by atoms with Crippen molar-refractivity contribution in [2.24, 2.45) is 0 Å². The highest BCUT2D eigenvalue weighted by Crippen LogP contribution is 2.32. The summed E-state index contributed by atoms with van der Waals surface area (Å²) in [7, 11) is 1.67. The molecule has 1 unspecified atom stereocenters. The fourth-order valence-electron chi connectivity index (χ4n) is 1.40. The molecule has 1 aromatic carbocycles. The minimum Gasteiger partial charge on any atom is -0.497 e. The summed E-state index contributed by atoms with van der Waals surface area (Å²) in [6.07, 6.45) is 0. The van der Waals surface area contributed by atoms with Gasteiger partial charge in [-0.05, 0) is 29.1 Å². The molecular weight excluding hydrogens is 224 g/mol. The van der Waals surface area contributed by atoms with E-state index in [1.807, 2.05) is 18.2 Å². The smallest absolute Gasteiger partial charge is 0.118 e. The van der Waals surface area contributed by atoms with Crippen molar-refractivity contribution in [3.05, 3.63) is 52.2 Å². The van der Waals surface area contributed by atoms with Gasteiger partial charge < -0.3 is 4.74 Å². The predicted molar refractivity (Wildman–Crippen MR) is 68.1 cm³/mol. The van der Waals surface area contributed by atoms with Crippen molar-refractivity contribution in [3.8, 4) is 5.75 Å². The summed E-state index contributed by atoms with van der Waals surface area (Å²) in [4.78, 5) is 1.27. The van der Waals surface area contributed by atoms with Gasteiger partial charge in [0.25, 0.3) is 0 Å². The van der Waals surface area contributed by atoms with E-state index in [1.165, 1.54) is 10.4 Å². The van der Waals surface area contributed by atoms with E-state index < -0.39 is 0 Å². The van der Waals surface area contributed by atoms with Crippen LogP contribution in [-0.2, 0) is 0 Å². The van der Waals surface area contributed by atoms with Crippen LogP contribution in [0, 0.1) is 0 Å². The zero-order valence-electron chi connectivity index (χ0n) is 8.38. The molecule has 0 aliphatic heterocycles. The molecule has 2 rings (SSSR count). The van der Waals surface area contributed by atoms with Crippen LogP contribution in [0.2, 0.25) is 0 Å². The summed E-state index contributed by atoms with van der Waals surface area (Å²) in [5, 5.41) is 2.23. The summed E-state index contributed by atoms with van der Waals surface area (Å²) < 4.78 is 5.12. The molecule has 0 aliphatic rings. The van der Waals surface area contributed by atoms with Gasteiger partial charge in [-0.2, -0.15) is 12.6 Å². The first-order valence-corrected chi connectivity index (χ1v) is 6.06. The largest absolute Gasteiger partial charge is 0.497 e. The maximum atomic E-state index is 5.12. The molecule has 1 heterocycles. The molecule has 78 valence electrons. The van der Waals surface area contributed by atoms with Crippen LogP contribution >= 0.6 is 24.0 Å². The van der Waals surface area contributed by atoms with E-state index in [-0.39, 0.29) is 5.25 Å². The fourth-order valence-corrected chi connectivity index (χ4v) is 2.57. The Hall–Kier alpha value is -0.930. The van der Waals surface area contributed by atoms with E-state index in [0.717, 1.165) is 5.75 Å². The molecule has 1 nitrogen and oxygen atoms in total. The fraction of sp³-hybridized carbons (Fsp3) is 0.167. The van der Waals surface area contributed by atoms with Crippen molar-refractivity contribution in [1.29, 1.82) is 0 Å². The zero-order valence-corrected chi connectivity index (χ0v) is 10.1. The highest BCUT2D eigenvalue weighted by Gasteiger charge is 2.09. The summed E-state index contributed by atoms with van der Waals surface area (Å²) in [6, 6.07) is 12.2.